The highest BCUT2D eigenvalue weighted by molar-refractivity contribution is 7.89. The number of rotatable bonds is 9. The lowest BCUT2D eigenvalue weighted by molar-refractivity contribution is 0.569. The molecule has 3 rings (SSSR count). The van der Waals surface area contributed by atoms with Crippen LogP contribution in [0.3, 0.4) is 0 Å². The van der Waals surface area contributed by atoms with E-state index in [0.29, 0.717) is 5.56 Å². The molecule has 3 aromatic carbocycles. The summed E-state index contributed by atoms with van der Waals surface area (Å²) in [5.41, 5.74) is 3.33. The third-order valence-corrected chi connectivity index (χ3v) is 7.49. The van der Waals surface area contributed by atoms with E-state index in [9.17, 15) is 16.8 Å². The molecule has 0 fully saturated rings. The Morgan fingerprint density at radius 1 is 0.710 bits per heavy atom. The fourth-order valence-corrected chi connectivity index (χ4v) is 5.54. The Bertz CT molecular complexity index is 1200. The summed E-state index contributed by atoms with van der Waals surface area (Å²) in [7, 11) is -7.07. The molecule has 0 radical (unpaired) electrons. The maximum Gasteiger partial charge on any atom is 0.240 e. The van der Waals surface area contributed by atoms with Gasteiger partial charge in [-0.15, -0.1) is 0 Å². The zero-order chi connectivity index (χ0) is 22.5. The number of hydrogen-bond acceptors (Lipinski definition) is 4. The van der Waals surface area contributed by atoms with Crippen molar-refractivity contribution in [3.05, 3.63) is 90.0 Å². The summed E-state index contributed by atoms with van der Waals surface area (Å²) in [6, 6.07) is 23.1. The second kappa shape index (κ2) is 9.74. The van der Waals surface area contributed by atoms with Crippen LogP contribution in [0.1, 0.15) is 25.0 Å². The van der Waals surface area contributed by atoms with E-state index in [4.69, 9.17) is 0 Å². The third-order valence-electron chi connectivity index (χ3n) is 4.53. The van der Waals surface area contributed by atoms with Crippen LogP contribution < -0.4 is 9.44 Å². The van der Waals surface area contributed by atoms with Crippen molar-refractivity contribution in [2.75, 3.05) is 0 Å². The maximum absolute atomic E-state index is 12.6. The summed E-state index contributed by atoms with van der Waals surface area (Å²) < 4.78 is 54.4. The molecule has 2 N–H and O–H groups in total. The van der Waals surface area contributed by atoms with E-state index in [1.54, 1.807) is 62.4 Å². The van der Waals surface area contributed by atoms with Crippen LogP contribution in [0.5, 0.6) is 0 Å². The highest BCUT2D eigenvalue weighted by atomic mass is 32.2. The van der Waals surface area contributed by atoms with Gasteiger partial charge >= 0.3 is 0 Å². The van der Waals surface area contributed by atoms with Crippen molar-refractivity contribution in [2.24, 2.45) is 0 Å². The van der Waals surface area contributed by atoms with Gasteiger partial charge in [0.25, 0.3) is 0 Å². The third kappa shape index (κ3) is 6.73. The lowest BCUT2D eigenvalue weighted by Gasteiger charge is -2.10. The molecule has 3 aromatic rings. The van der Waals surface area contributed by atoms with Crippen LogP contribution in [0.25, 0.3) is 11.1 Å². The molecule has 0 saturated carbocycles. The molecule has 0 aliphatic rings. The molecule has 0 bridgehead atoms. The minimum atomic E-state index is -3.67. The molecule has 0 unspecified atom stereocenters. The topological polar surface area (TPSA) is 92.3 Å². The highest BCUT2D eigenvalue weighted by Gasteiger charge is 2.15. The van der Waals surface area contributed by atoms with Gasteiger partial charge in [0, 0.05) is 12.6 Å². The van der Waals surface area contributed by atoms with E-state index >= 15 is 0 Å². The van der Waals surface area contributed by atoms with Crippen molar-refractivity contribution in [3.8, 4) is 11.1 Å². The molecule has 0 spiro atoms. The number of hydrogen-bond donors (Lipinski definition) is 2. The van der Waals surface area contributed by atoms with Crippen molar-refractivity contribution in [1.29, 1.82) is 0 Å². The van der Waals surface area contributed by atoms with Crippen molar-refractivity contribution in [2.45, 2.75) is 37.1 Å². The van der Waals surface area contributed by atoms with Gasteiger partial charge in [-0.3, -0.25) is 0 Å². The molecule has 0 aliphatic heterocycles. The fourth-order valence-electron chi connectivity index (χ4n) is 3.09. The van der Waals surface area contributed by atoms with Gasteiger partial charge in [0.2, 0.25) is 20.0 Å². The molecule has 0 amide bonds. The SMILES string of the molecule is CC(C)NS(=O)(=O)Cc1ccc(CNS(=O)(=O)c2ccc(-c3ccccc3)cc2)cc1. The minimum Gasteiger partial charge on any atom is -0.212 e. The first-order chi connectivity index (χ1) is 14.6. The molecule has 0 aliphatic carbocycles. The molecule has 0 atom stereocenters. The number of nitrogens with one attached hydrogen (secondary N) is 2. The van der Waals surface area contributed by atoms with Gasteiger partial charge in [-0.25, -0.2) is 26.3 Å². The van der Waals surface area contributed by atoms with Crippen LogP contribution in [-0.2, 0) is 32.3 Å². The van der Waals surface area contributed by atoms with E-state index < -0.39 is 20.0 Å². The number of benzene rings is 3. The second-order valence-electron chi connectivity index (χ2n) is 7.56. The highest BCUT2D eigenvalue weighted by Crippen LogP contribution is 2.21. The standard InChI is InChI=1S/C23H26N2O4S2/c1-18(2)25-30(26,27)17-20-10-8-19(9-11-20)16-24-31(28,29)23-14-12-22(13-15-23)21-6-4-3-5-7-21/h3-15,18,24-25H,16-17H2,1-2H3. The molecular formula is C23H26N2O4S2. The summed E-state index contributed by atoms with van der Waals surface area (Å²) >= 11 is 0. The summed E-state index contributed by atoms with van der Waals surface area (Å²) in [6.45, 7) is 3.64. The van der Waals surface area contributed by atoms with E-state index in [-0.39, 0.29) is 23.2 Å². The Hall–Kier alpha value is -2.52. The monoisotopic (exact) mass is 458 g/mol. The zero-order valence-corrected chi connectivity index (χ0v) is 19.1. The first kappa shape index (κ1) is 23.1. The lowest BCUT2D eigenvalue weighted by Crippen LogP contribution is -2.31. The van der Waals surface area contributed by atoms with Gasteiger partial charge in [0.1, 0.15) is 0 Å². The molecule has 0 heterocycles. The summed E-state index contributed by atoms with van der Waals surface area (Å²) in [5.74, 6) is -0.120. The van der Waals surface area contributed by atoms with Crippen molar-refractivity contribution in [1.82, 2.24) is 9.44 Å². The van der Waals surface area contributed by atoms with Crippen LogP contribution in [0.15, 0.2) is 83.8 Å². The van der Waals surface area contributed by atoms with E-state index in [1.165, 1.54) is 0 Å². The van der Waals surface area contributed by atoms with Crippen molar-refractivity contribution < 1.29 is 16.8 Å². The van der Waals surface area contributed by atoms with E-state index in [2.05, 4.69) is 9.44 Å². The molecule has 6 nitrogen and oxygen atoms in total. The second-order valence-corrected chi connectivity index (χ2v) is 11.1. The van der Waals surface area contributed by atoms with E-state index in [1.807, 2.05) is 30.3 Å². The predicted molar refractivity (Wildman–Crippen MR) is 123 cm³/mol. The van der Waals surface area contributed by atoms with Crippen LogP contribution in [0.4, 0.5) is 0 Å². The first-order valence-electron chi connectivity index (χ1n) is 9.88. The summed E-state index contributed by atoms with van der Waals surface area (Å²) in [6.07, 6.45) is 0. The Balaban J connectivity index is 1.62. The number of sulfonamides is 2. The quantitative estimate of drug-likeness (QED) is 0.512. The van der Waals surface area contributed by atoms with Gasteiger partial charge in [0.05, 0.1) is 10.6 Å². The average Bonchev–Trinajstić information content (AvgIpc) is 2.73. The smallest absolute Gasteiger partial charge is 0.212 e. The molecular weight excluding hydrogens is 432 g/mol. The normalized spacial score (nSPS) is 12.2. The molecule has 8 heteroatoms. The van der Waals surface area contributed by atoms with Crippen molar-refractivity contribution >= 4 is 20.0 Å². The fraction of sp³-hybridized carbons (Fsp3) is 0.217. The van der Waals surface area contributed by atoms with Crippen LogP contribution in [-0.4, -0.2) is 22.9 Å². The van der Waals surface area contributed by atoms with Crippen LogP contribution >= 0.6 is 0 Å². The Morgan fingerprint density at radius 3 is 1.84 bits per heavy atom. The van der Waals surface area contributed by atoms with Gasteiger partial charge in [-0.2, -0.15) is 0 Å². The molecule has 164 valence electrons. The predicted octanol–water partition coefficient (Wildman–Crippen LogP) is 3.66. The largest absolute Gasteiger partial charge is 0.240 e. The lowest BCUT2D eigenvalue weighted by atomic mass is 10.1. The zero-order valence-electron chi connectivity index (χ0n) is 17.4. The summed E-state index contributed by atoms with van der Waals surface area (Å²) in [5, 5.41) is 0. The average molecular weight is 459 g/mol. The van der Waals surface area contributed by atoms with Crippen molar-refractivity contribution in [3.63, 3.8) is 0 Å². The molecule has 0 aromatic heterocycles. The summed E-state index contributed by atoms with van der Waals surface area (Å²) in [4.78, 5) is 0.189. The Kier molecular flexibility index (Phi) is 7.27. The van der Waals surface area contributed by atoms with Crippen LogP contribution in [0, 0.1) is 0 Å². The minimum absolute atomic E-state index is 0.111. The van der Waals surface area contributed by atoms with Crippen LogP contribution in [0.2, 0.25) is 0 Å². The van der Waals surface area contributed by atoms with Gasteiger partial charge in [-0.05, 0) is 48.2 Å². The van der Waals surface area contributed by atoms with E-state index in [0.717, 1.165) is 16.7 Å². The Labute approximate surface area is 184 Å². The van der Waals surface area contributed by atoms with Gasteiger partial charge in [-0.1, -0.05) is 66.7 Å². The van der Waals surface area contributed by atoms with Gasteiger partial charge < -0.3 is 0 Å². The Morgan fingerprint density at radius 2 is 1.26 bits per heavy atom. The first-order valence-corrected chi connectivity index (χ1v) is 13.0. The van der Waals surface area contributed by atoms with Gasteiger partial charge in [0.15, 0.2) is 0 Å². The maximum atomic E-state index is 12.6. The molecule has 0 saturated heterocycles. The molecule has 31 heavy (non-hydrogen) atoms.